The lowest BCUT2D eigenvalue weighted by atomic mass is 10.00. The largest absolute Gasteiger partial charge is 0.338 e. The fourth-order valence-corrected chi connectivity index (χ4v) is 3.63. The molecule has 1 amide bonds. The van der Waals surface area contributed by atoms with E-state index in [1.165, 1.54) is 0 Å². The van der Waals surface area contributed by atoms with Gasteiger partial charge in [-0.3, -0.25) is 14.7 Å². The minimum atomic E-state index is -0.00295. The summed E-state index contributed by atoms with van der Waals surface area (Å²) in [6.07, 6.45) is 1.17. The van der Waals surface area contributed by atoms with E-state index in [1.807, 2.05) is 47.4 Å². The van der Waals surface area contributed by atoms with Gasteiger partial charge >= 0.3 is 0 Å². The van der Waals surface area contributed by atoms with Gasteiger partial charge in [-0.25, -0.2) is 0 Å². The highest BCUT2D eigenvalue weighted by Crippen LogP contribution is 2.29. The Balaban J connectivity index is 1.43. The van der Waals surface area contributed by atoms with Crippen LogP contribution in [0.15, 0.2) is 54.6 Å². The van der Waals surface area contributed by atoms with Gasteiger partial charge in [0.05, 0.1) is 5.69 Å². The molecule has 28 heavy (non-hydrogen) atoms. The van der Waals surface area contributed by atoms with Gasteiger partial charge < -0.3 is 4.90 Å². The summed E-state index contributed by atoms with van der Waals surface area (Å²) in [4.78, 5) is 26.8. The summed E-state index contributed by atoms with van der Waals surface area (Å²) in [5.41, 5.74) is 4.57. The van der Waals surface area contributed by atoms with Gasteiger partial charge in [-0.05, 0) is 12.1 Å². The van der Waals surface area contributed by atoms with Crippen molar-refractivity contribution in [2.75, 3.05) is 6.54 Å². The molecule has 1 aliphatic heterocycles. The lowest BCUT2D eigenvalue weighted by Crippen LogP contribution is -2.36. The average molecular weight is 394 g/mol. The van der Waals surface area contributed by atoms with Crippen LogP contribution in [0.25, 0.3) is 11.3 Å². The standard InChI is InChI=1S/C22H20ClN3O2/c23-17-8-6-16(7-9-17)22-18-14-26(13-12-19(18)24-25-22)21(28)11-10-20(27)15-4-2-1-3-5-15/h1-9H,10-14H2,(H,24,25). The zero-order valence-electron chi connectivity index (χ0n) is 15.3. The number of ketones is 1. The predicted molar refractivity (Wildman–Crippen MR) is 108 cm³/mol. The first kappa shape index (κ1) is 18.4. The second kappa shape index (κ2) is 7.98. The Kier molecular flexibility index (Phi) is 5.26. The molecule has 1 aliphatic rings. The van der Waals surface area contributed by atoms with Crippen molar-refractivity contribution >= 4 is 23.3 Å². The summed E-state index contributed by atoms with van der Waals surface area (Å²) < 4.78 is 0. The molecular weight excluding hydrogens is 374 g/mol. The Bertz CT molecular complexity index is 996. The molecule has 0 radical (unpaired) electrons. The molecule has 0 saturated heterocycles. The maximum Gasteiger partial charge on any atom is 0.223 e. The molecule has 1 N–H and O–H groups in total. The number of nitrogens with one attached hydrogen (secondary N) is 1. The molecule has 2 aromatic carbocycles. The minimum absolute atomic E-state index is 0.00168. The second-order valence-corrected chi connectivity index (χ2v) is 7.33. The molecule has 0 fully saturated rings. The average Bonchev–Trinajstić information content (AvgIpc) is 3.16. The first-order valence-corrected chi connectivity index (χ1v) is 9.67. The molecule has 5 nitrogen and oxygen atoms in total. The molecule has 3 aromatic rings. The summed E-state index contributed by atoms with van der Waals surface area (Å²) in [7, 11) is 0. The van der Waals surface area contributed by atoms with Gasteiger partial charge in [0.25, 0.3) is 0 Å². The van der Waals surface area contributed by atoms with E-state index in [-0.39, 0.29) is 24.5 Å². The van der Waals surface area contributed by atoms with E-state index in [0.29, 0.717) is 23.7 Å². The van der Waals surface area contributed by atoms with Crippen LogP contribution in [-0.2, 0) is 17.8 Å². The smallest absolute Gasteiger partial charge is 0.223 e. The summed E-state index contributed by atoms with van der Waals surface area (Å²) in [5, 5.41) is 8.21. The van der Waals surface area contributed by atoms with Crippen LogP contribution < -0.4 is 0 Å². The number of carbonyl (C=O) groups is 2. The fourth-order valence-electron chi connectivity index (χ4n) is 3.50. The third-order valence-corrected chi connectivity index (χ3v) is 5.32. The Hall–Kier alpha value is -2.92. The number of H-pyrrole nitrogens is 1. The van der Waals surface area contributed by atoms with Gasteiger partial charge in [0.2, 0.25) is 5.91 Å². The van der Waals surface area contributed by atoms with E-state index in [0.717, 1.165) is 28.9 Å². The number of aromatic nitrogens is 2. The summed E-state index contributed by atoms with van der Waals surface area (Å²) in [6, 6.07) is 16.6. The number of amides is 1. The Morgan fingerprint density at radius 2 is 1.79 bits per heavy atom. The van der Waals surface area contributed by atoms with Crippen LogP contribution in [0.5, 0.6) is 0 Å². The molecular formula is C22H20ClN3O2. The summed E-state index contributed by atoms with van der Waals surface area (Å²) in [5.74, 6) is -0.00463. The molecule has 4 rings (SSSR count). The number of fused-ring (bicyclic) bond motifs is 1. The third kappa shape index (κ3) is 3.85. The first-order chi connectivity index (χ1) is 13.6. The van der Waals surface area contributed by atoms with Gasteiger partial charge in [0, 0.05) is 59.8 Å². The SMILES string of the molecule is O=C(CCC(=O)N1CCc2[nH]nc(-c3ccc(Cl)cc3)c2C1)c1ccccc1. The molecule has 0 saturated carbocycles. The molecule has 2 heterocycles. The quantitative estimate of drug-likeness (QED) is 0.658. The number of rotatable bonds is 5. The molecule has 0 atom stereocenters. The van der Waals surface area contributed by atoms with E-state index in [9.17, 15) is 9.59 Å². The van der Waals surface area contributed by atoms with Crippen molar-refractivity contribution in [3.8, 4) is 11.3 Å². The van der Waals surface area contributed by atoms with Crippen molar-refractivity contribution in [3.63, 3.8) is 0 Å². The summed E-state index contributed by atoms with van der Waals surface area (Å²) >= 11 is 5.98. The first-order valence-electron chi connectivity index (χ1n) is 9.30. The van der Waals surface area contributed by atoms with Crippen molar-refractivity contribution in [2.45, 2.75) is 25.8 Å². The number of Topliss-reactive ketones (excluding diaryl/α,β-unsaturated/α-hetero) is 1. The van der Waals surface area contributed by atoms with Crippen molar-refractivity contribution in [2.24, 2.45) is 0 Å². The van der Waals surface area contributed by atoms with Crippen LogP contribution in [0.2, 0.25) is 5.02 Å². The van der Waals surface area contributed by atoms with Crippen LogP contribution in [0.3, 0.4) is 0 Å². The second-order valence-electron chi connectivity index (χ2n) is 6.89. The van der Waals surface area contributed by atoms with Crippen molar-refractivity contribution in [3.05, 3.63) is 76.4 Å². The van der Waals surface area contributed by atoms with Gasteiger partial charge in [0.15, 0.2) is 5.78 Å². The van der Waals surface area contributed by atoms with Crippen LogP contribution >= 0.6 is 11.6 Å². The van der Waals surface area contributed by atoms with Crippen LogP contribution in [0.1, 0.15) is 34.5 Å². The van der Waals surface area contributed by atoms with E-state index in [2.05, 4.69) is 10.2 Å². The molecule has 0 unspecified atom stereocenters. The van der Waals surface area contributed by atoms with E-state index >= 15 is 0 Å². The minimum Gasteiger partial charge on any atom is -0.338 e. The highest BCUT2D eigenvalue weighted by molar-refractivity contribution is 6.30. The lowest BCUT2D eigenvalue weighted by molar-refractivity contribution is -0.132. The number of hydrogen-bond donors (Lipinski definition) is 1. The maximum absolute atomic E-state index is 12.7. The molecule has 142 valence electrons. The highest BCUT2D eigenvalue weighted by atomic mass is 35.5. The maximum atomic E-state index is 12.7. The third-order valence-electron chi connectivity index (χ3n) is 5.07. The Morgan fingerprint density at radius 3 is 2.54 bits per heavy atom. The highest BCUT2D eigenvalue weighted by Gasteiger charge is 2.26. The van der Waals surface area contributed by atoms with Crippen molar-refractivity contribution in [1.29, 1.82) is 0 Å². The summed E-state index contributed by atoms with van der Waals surface area (Å²) in [6.45, 7) is 1.13. The number of nitrogens with zero attached hydrogens (tertiary/aromatic N) is 2. The van der Waals surface area contributed by atoms with Gasteiger partial charge in [-0.2, -0.15) is 5.10 Å². The van der Waals surface area contributed by atoms with E-state index in [1.54, 1.807) is 12.1 Å². The Labute approximate surface area is 168 Å². The van der Waals surface area contributed by atoms with Crippen LogP contribution in [0, 0.1) is 0 Å². The molecule has 1 aromatic heterocycles. The molecule has 6 heteroatoms. The topological polar surface area (TPSA) is 66.1 Å². The Morgan fingerprint density at radius 1 is 1.04 bits per heavy atom. The van der Waals surface area contributed by atoms with Crippen LogP contribution in [-0.4, -0.2) is 33.3 Å². The van der Waals surface area contributed by atoms with Gasteiger partial charge in [-0.1, -0.05) is 54.1 Å². The van der Waals surface area contributed by atoms with E-state index in [4.69, 9.17) is 11.6 Å². The molecule has 0 bridgehead atoms. The number of benzene rings is 2. The number of halogens is 1. The van der Waals surface area contributed by atoms with Crippen molar-refractivity contribution < 1.29 is 9.59 Å². The monoisotopic (exact) mass is 393 g/mol. The number of aromatic amines is 1. The number of hydrogen-bond acceptors (Lipinski definition) is 3. The lowest BCUT2D eigenvalue weighted by Gasteiger charge is -2.27. The molecule has 0 spiro atoms. The fraction of sp³-hybridized carbons (Fsp3) is 0.227. The number of carbonyl (C=O) groups excluding carboxylic acids is 2. The normalized spacial score (nSPS) is 13.2. The molecule has 0 aliphatic carbocycles. The van der Waals surface area contributed by atoms with Crippen LogP contribution in [0.4, 0.5) is 0 Å². The van der Waals surface area contributed by atoms with E-state index < -0.39 is 0 Å². The van der Waals surface area contributed by atoms with Crippen molar-refractivity contribution in [1.82, 2.24) is 15.1 Å². The zero-order valence-corrected chi connectivity index (χ0v) is 16.1. The predicted octanol–water partition coefficient (Wildman–Crippen LogP) is 4.28. The van der Waals surface area contributed by atoms with Gasteiger partial charge in [-0.15, -0.1) is 0 Å². The van der Waals surface area contributed by atoms with Gasteiger partial charge in [0.1, 0.15) is 0 Å². The zero-order chi connectivity index (χ0) is 19.5.